The van der Waals surface area contributed by atoms with Crippen LogP contribution in [0.1, 0.15) is 0 Å². The maximum Gasteiger partial charge on any atom is 0.341 e. The number of rotatable bonds is 6. The van der Waals surface area contributed by atoms with Gasteiger partial charge in [0.2, 0.25) is 15.7 Å². The first kappa shape index (κ1) is 18.2. The second-order valence-electron chi connectivity index (χ2n) is 4.66. The molecule has 5 nitrogen and oxygen atoms in total. The Bertz CT molecular complexity index is 806. The SMILES string of the molecule is O=C(CSc1ccc(O)cc1)Nc1ccc(S(=O)(=O)C(F)F)cc1. The van der Waals surface area contributed by atoms with Crippen LogP contribution in [-0.4, -0.2) is 30.9 Å². The molecule has 0 aliphatic carbocycles. The molecule has 2 N–H and O–H groups in total. The van der Waals surface area contributed by atoms with Crippen LogP contribution in [0.4, 0.5) is 14.5 Å². The highest BCUT2D eigenvalue weighted by Gasteiger charge is 2.26. The largest absolute Gasteiger partial charge is 0.508 e. The summed E-state index contributed by atoms with van der Waals surface area (Å²) in [5.74, 6) is -3.60. The predicted octanol–water partition coefficient (Wildman–Crippen LogP) is 3.12. The number of carbonyl (C=O) groups is 1. The van der Waals surface area contributed by atoms with Gasteiger partial charge in [-0.1, -0.05) is 0 Å². The molecule has 0 radical (unpaired) electrons. The number of benzene rings is 2. The number of anilines is 1. The average molecular weight is 373 g/mol. The van der Waals surface area contributed by atoms with E-state index in [9.17, 15) is 22.0 Å². The smallest absolute Gasteiger partial charge is 0.341 e. The molecule has 0 heterocycles. The van der Waals surface area contributed by atoms with Crippen LogP contribution in [-0.2, 0) is 14.6 Å². The molecular formula is C15H13F2NO4S2. The summed E-state index contributed by atoms with van der Waals surface area (Å²) in [6, 6.07) is 10.9. The number of alkyl halides is 2. The van der Waals surface area contributed by atoms with E-state index in [1.54, 1.807) is 12.1 Å². The van der Waals surface area contributed by atoms with Crippen LogP contribution in [0.5, 0.6) is 5.75 Å². The second kappa shape index (κ2) is 7.63. The molecule has 0 saturated heterocycles. The minimum atomic E-state index is -4.64. The van der Waals surface area contributed by atoms with Crippen LogP contribution >= 0.6 is 11.8 Å². The minimum Gasteiger partial charge on any atom is -0.508 e. The molecular weight excluding hydrogens is 360 g/mol. The Labute approximate surface area is 141 Å². The van der Waals surface area contributed by atoms with Crippen molar-refractivity contribution < 1.29 is 27.1 Å². The fourth-order valence-electron chi connectivity index (χ4n) is 1.72. The van der Waals surface area contributed by atoms with E-state index < -0.39 is 20.5 Å². The van der Waals surface area contributed by atoms with Crippen molar-refractivity contribution in [3.8, 4) is 5.75 Å². The Hall–Kier alpha value is -2.13. The number of amides is 1. The Morgan fingerprint density at radius 1 is 1.08 bits per heavy atom. The minimum absolute atomic E-state index is 0.0991. The van der Waals surface area contributed by atoms with Crippen molar-refractivity contribution in [1.82, 2.24) is 0 Å². The summed E-state index contributed by atoms with van der Waals surface area (Å²) >= 11 is 1.25. The molecule has 0 aliphatic rings. The van der Waals surface area contributed by atoms with Crippen LogP contribution in [0.2, 0.25) is 0 Å². The van der Waals surface area contributed by atoms with E-state index in [0.717, 1.165) is 17.0 Å². The van der Waals surface area contributed by atoms with Gasteiger partial charge in [-0.15, -0.1) is 11.8 Å². The molecule has 24 heavy (non-hydrogen) atoms. The van der Waals surface area contributed by atoms with Crippen LogP contribution < -0.4 is 5.32 Å². The molecule has 2 aromatic rings. The number of halogens is 2. The molecule has 0 aliphatic heterocycles. The van der Waals surface area contributed by atoms with Gasteiger partial charge in [0.25, 0.3) is 0 Å². The van der Waals surface area contributed by atoms with Crippen LogP contribution in [0.15, 0.2) is 58.3 Å². The molecule has 0 unspecified atom stereocenters. The molecule has 128 valence electrons. The number of phenolic OH excluding ortho intramolecular Hbond substituents is 1. The van der Waals surface area contributed by atoms with Gasteiger partial charge < -0.3 is 10.4 Å². The van der Waals surface area contributed by atoms with Crippen molar-refractivity contribution in [2.75, 3.05) is 11.1 Å². The zero-order chi connectivity index (χ0) is 17.7. The Morgan fingerprint density at radius 2 is 1.67 bits per heavy atom. The Balaban J connectivity index is 1.93. The van der Waals surface area contributed by atoms with Crippen molar-refractivity contribution >= 4 is 33.2 Å². The molecule has 0 fully saturated rings. The summed E-state index contributed by atoms with van der Waals surface area (Å²) < 4.78 is 47.4. The highest BCUT2D eigenvalue weighted by molar-refractivity contribution is 8.00. The molecule has 0 bridgehead atoms. The zero-order valence-corrected chi connectivity index (χ0v) is 13.8. The van der Waals surface area contributed by atoms with Gasteiger partial charge in [-0.25, -0.2) is 8.42 Å². The van der Waals surface area contributed by atoms with E-state index in [-0.39, 0.29) is 17.4 Å². The zero-order valence-electron chi connectivity index (χ0n) is 12.1. The number of hydrogen-bond donors (Lipinski definition) is 2. The monoisotopic (exact) mass is 373 g/mol. The number of hydrogen-bond acceptors (Lipinski definition) is 5. The Morgan fingerprint density at radius 3 is 2.21 bits per heavy atom. The lowest BCUT2D eigenvalue weighted by Crippen LogP contribution is -2.14. The van der Waals surface area contributed by atoms with Gasteiger partial charge in [0.05, 0.1) is 10.6 Å². The molecule has 0 saturated carbocycles. The van der Waals surface area contributed by atoms with E-state index in [0.29, 0.717) is 5.69 Å². The van der Waals surface area contributed by atoms with Gasteiger partial charge in [0.1, 0.15) is 5.75 Å². The molecule has 0 spiro atoms. The average Bonchev–Trinajstić information content (AvgIpc) is 2.54. The maximum atomic E-state index is 12.4. The lowest BCUT2D eigenvalue weighted by atomic mass is 10.3. The standard InChI is InChI=1S/C15H13F2NO4S2/c16-15(17)24(21,22)13-7-1-10(2-8-13)18-14(20)9-23-12-5-3-11(19)4-6-12/h1-8,15,19H,9H2,(H,18,20). The molecule has 0 aromatic heterocycles. The normalized spacial score (nSPS) is 11.5. The first-order valence-corrected chi connectivity index (χ1v) is 9.16. The van der Waals surface area contributed by atoms with Crippen molar-refractivity contribution in [3.63, 3.8) is 0 Å². The van der Waals surface area contributed by atoms with Crippen molar-refractivity contribution in [2.24, 2.45) is 0 Å². The Kier molecular flexibility index (Phi) is 5.79. The first-order valence-electron chi connectivity index (χ1n) is 6.63. The van der Waals surface area contributed by atoms with Gasteiger partial charge in [-0.05, 0) is 48.5 Å². The number of carbonyl (C=O) groups excluding carboxylic acids is 1. The highest BCUT2D eigenvalue weighted by Crippen LogP contribution is 2.22. The number of thioether (sulfide) groups is 1. The number of nitrogens with one attached hydrogen (secondary N) is 1. The number of phenols is 1. The van der Waals surface area contributed by atoms with Gasteiger partial charge in [-0.2, -0.15) is 8.78 Å². The van der Waals surface area contributed by atoms with E-state index in [4.69, 9.17) is 5.11 Å². The summed E-state index contributed by atoms with van der Waals surface area (Å²) in [5, 5.41) is 11.7. The summed E-state index contributed by atoms with van der Waals surface area (Å²) in [4.78, 5) is 12.1. The predicted molar refractivity (Wildman–Crippen MR) is 87.1 cm³/mol. The summed E-state index contributed by atoms with van der Waals surface area (Å²) in [6.45, 7) is 0. The fourth-order valence-corrected chi connectivity index (χ4v) is 3.14. The van der Waals surface area contributed by atoms with Crippen molar-refractivity contribution in [3.05, 3.63) is 48.5 Å². The van der Waals surface area contributed by atoms with Gasteiger partial charge in [0, 0.05) is 10.6 Å². The third-order valence-corrected chi connectivity index (χ3v) is 5.32. The van der Waals surface area contributed by atoms with Crippen molar-refractivity contribution in [2.45, 2.75) is 15.5 Å². The molecule has 2 aromatic carbocycles. The fraction of sp³-hybridized carbons (Fsp3) is 0.133. The summed E-state index contributed by atoms with van der Waals surface area (Å²) in [5.41, 5.74) is 0.305. The van der Waals surface area contributed by atoms with Crippen molar-refractivity contribution in [1.29, 1.82) is 0 Å². The van der Waals surface area contributed by atoms with Gasteiger partial charge in [-0.3, -0.25) is 4.79 Å². The van der Waals surface area contributed by atoms with Crippen LogP contribution in [0.25, 0.3) is 0 Å². The van der Waals surface area contributed by atoms with E-state index in [2.05, 4.69) is 5.32 Å². The molecule has 1 amide bonds. The number of aromatic hydroxyl groups is 1. The molecule has 2 rings (SSSR count). The van der Waals surface area contributed by atoms with Gasteiger partial charge >= 0.3 is 5.76 Å². The maximum absolute atomic E-state index is 12.4. The van der Waals surface area contributed by atoms with E-state index in [1.807, 2.05) is 0 Å². The second-order valence-corrected chi connectivity index (χ2v) is 7.63. The molecule has 9 heteroatoms. The lowest BCUT2D eigenvalue weighted by Gasteiger charge is -2.07. The highest BCUT2D eigenvalue weighted by atomic mass is 32.2. The van der Waals surface area contributed by atoms with Crippen LogP contribution in [0.3, 0.4) is 0 Å². The summed E-state index contributed by atoms with van der Waals surface area (Å²) in [7, 11) is -4.64. The third kappa shape index (κ3) is 4.68. The first-order chi connectivity index (χ1) is 11.3. The molecule has 0 atom stereocenters. The topological polar surface area (TPSA) is 83.5 Å². The van der Waals surface area contributed by atoms with Crippen LogP contribution in [0, 0.1) is 0 Å². The summed E-state index contributed by atoms with van der Waals surface area (Å²) in [6.07, 6.45) is 0. The van der Waals surface area contributed by atoms with E-state index >= 15 is 0 Å². The quantitative estimate of drug-likeness (QED) is 0.760. The van der Waals surface area contributed by atoms with E-state index in [1.165, 1.54) is 36.0 Å². The third-order valence-electron chi connectivity index (χ3n) is 2.91. The number of sulfone groups is 1. The van der Waals surface area contributed by atoms with Gasteiger partial charge in [0.15, 0.2) is 0 Å². The lowest BCUT2D eigenvalue weighted by molar-refractivity contribution is -0.113.